The Hall–Kier alpha value is -2.85. The number of thiazole rings is 1. The number of hydrogen-bond acceptors (Lipinski definition) is 7. The Morgan fingerprint density at radius 3 is 2.57 bits per heavy atom. The van der Waals surface area contributed by atoms with Crippen LogP contribution < -0.4 is 19.0 Å². The van der Waals surface area contributed by atoms with Gasteiger partial charge in [-0.05, 0) is 31.2 Å². The van der Waals surface area contributed by atoms with Crippen molar-refractivity contribution in [3.05, 3.63) is 41.2 Å². The van der Waals surface area contributed by atoms with Crippen LogP contribution in [0.15, 0.2) is 46.3 Å². The summed E-state index contributed by atoms with van der Waals surface area (Å²) in [5.74, 6) is 1.09. The van der Waals surface area contributed by atoms with Crippen molar-refractivity contribution in [2.75, 3.05) is 19.7 Å². The molecule has 0 N–H and O–H groups in total. The second-order valence-corrected chi connectivity index (χ2v) is 9.67. The van der Waals surface area contributed by atoms with Crippen molar-refractivity contribution in [1.82, 2.24) is 4.57 Å². The van der Waals surface area contributed by atoms with E-state index in [2.05, 4.69) is 4.99 Å². The van der Waals surface area contributed by atoms with E-state index < -0.39 is 15.7 Å². The van der Waals surface area contributed by atoms with Crippen LogP contribution in [0.3, 0.4) is 0 Å². The summed E-state index contributed by atoms with van der Waals surface area (Å²) in [7, 11) is -2.08. The van der Waals surface area contributed by atoms with Crippen molar-refractivity contribution in [1.29, 1.82) is 0 Å². The molecule has 1 amide bonds. The molecule has 0 bridgehead atoms. The Kier molecular flexibility index (Phi) is 5.52. The summed E-state index contributed by atoms with van der Waals surface area (Å²) in [6.07, 6.45) is -0.199. The van der Waals surface area contributed by atoms with E-state index in [0.717, 1.165) is 10.2 Å². The van der Waals surface area contributed by atoms with E-state index in [1.165, 1.54) is 30.6 Å². The van der Waals surface area contributed by atoms with Gasteiger partial charge in [0.25, 0.3) is 0 Å². The number of rotatable bonds is 6. The zero-order chi connectivity index (χ0) is 21.3. The average molecular weight is 449 g/mol. The number of carbonyl (C=O) groups excluding carboxylic acids is 1. The van der Waals surface area contributed by atoms with E-state index in [1.54, 1.807) is 12.1 Å². The molecule has 0 aliphatic carbocycles. The normalized spacial score (nSPS) is 13.7. The number of hydrogen-bond donors (Lipinski definition) is 0. The molecule has 0 saturated carbocycles. The van der Waals surface area contributed by atoms with Gasteiger partial charge in [0.15, 0.2) is 26.1 Å². The summed E-state index contributed by atoms with van der Waals surface area (Å²) in [6, 6.07) is 9.82. The van der Waals surface area contributed by atoms with Crippen LogP contribution in [0, 0.1) is 0 Å². The fourth-order valence-corrected chi connectivity index (χ4v) is 5.49. The molecule has 3 aromatic rings. The van der Waals surface area contributed by atoms with Gasteiger partial charge in [-0.25, -0.2) is 8.42 Å². The van der Waals surface area contributed by atoms with Gasteiger partial charge in [-0.2, -0.15) is 4.99 Å². The van der Waals surface area contributed by atoms with Crippen molar-refractivity contribution in [2.45, 2.75) is 24.8 Å². The summed E-state index contributed by atoms with van der Waals surface area (Å²) in [5, 5.41) is 0. The number of sulfone groups is 1. The highest BCUT2D eigenvalue weighted by molar-refractivity contribution is 7.91. The third-order valence-electron chi connectivity index (χ3n) is 4.72. The molecule has 0 saturated heterocycles. The number of benzene rings is 2. The van der Waals surface area contributed by atoms with Crippen LogP contribution in [0.4, 0.5) is 0 Å². The maximum atomic E-state index is 12.5. The van der Waals surface area contributed by atoms with Crippen LogP contribution >= 0.6 is 11.3 Å². The third kappa shape index (κ3) is 3.92. The lowest BCUT2D eigenvalue weighted by atomic mass is 10.3. The van der Waals surface area contributed by atoms with E-state index in [1.807, 2.05) is 23.6 Å². The molecule has 0 unspecified atom stereocenters. The van der Waals surface area contributed by atoms with Gasteiger partial charge in [-0.15, -0.1) is 0 Å². The zero-order valence-corrected chi connectivity index (χ0v) is 18.1. The summed E-state index contributed by atoms with van der Waals surface area (Å²) in [6.45, 7) is 2.75. The van der Waals surface area contributed by atoms with Crippen molar-refractivity contribution in [3.8, 4) is 17.2 Å². The highest BCUT2D eigenvalue weighted by Crippen LogP contribution is 2.36. The fraction of sp³-hybridized carbons (Fsp3) is 0.300. The Labute approximate surface area is 177 Å². The molecule has 8 nitrogen and oxygen atoms in total. The molecule has 1 aromatic heterocycles. The summed E-state index contributed by atoms with van der Waals surface area (Å²) < 4.78 is 43.7. The summed E-state index contributed by atoms with van der Waals surface area (Å²) >= 11 is 1.35. The first-order valence-electron chi connectivity index (χ1n) is 9.28. The van der Waals surface area contributed by atoms with Gasteiger partial charge in [0.2, 0.25) is 12.7 Å². The zero-order valence-electron chi connectivity index (χ0n) is 16.5. The molecule has 2 aromatic carbocycles. The second-order valence-electron chi connectivity index (χ2n) is 6.55. The Balaban J connectivity index is 1.56. The van der Waals surface area contributed by atoms with E-state index in [4.69, 9.17) is 14.2 Å². The number of nitrogens with zero attached hydrogens (tertiary/aromatic N) is 2. The Bertz CT molecular complexity index is 1270. The number of methoxy groups -OCH3 is 1. The lowest BCUT2D eigenvalue weighted by molar-refractivity contribution is -0.117. The van der Waals surface area contributed by atoms with Crippen LogP contribution in [-0.2, 0) is 21.2 Å². The Morgan fingerprint density at radius 2 is 1.90 bits per heavy atom. The van der Waals surface area contributed by atoms with E-state index in [-0.39, 0.29) is 23.9 Å². The molecule has 1 aliphatic heterocycles. The summed E-state index contributed by atoms with van der Waals surface area (Å²) in [4.78, 5) is 17.3. The number of aromatic nitrogens is 1. The standard InChI is InChI=1S/C20H20N2O6S2/c1-3-22-15-10-16-17(28-12-27-16)11-18(15)29-20(22)21-19(23)8-9-30(24,25)14-6-4-13(26-2)5-7-14/h4-7,10-11H,3,8-9,12H2,1-2H3. The highest BCUT2D eigenvalue weighted by atomic mass is 32.2. The first-order valence-corrected chi connectivity index (χ1v) is 11.8. The predicted molar refractivity (Wildman–Crippen MR) is 112 cm³/mol. The largest absolute Gasteiger partial charge is 0.497 e. The van der Waals surface area contributed by atoms with Crippen LogP contribution in [0.1, 0.15) is 13.3 Å². The molecule has 4 rings (SSSR count). The second kappa shape index (κ2) is 8.11. The van der Waals surface area contributed by atoms with Crippen molar-refractivity contribution in [2.24, 2.45) is 4.99 Å². The van der Waals surface area contributed by atoms with Crippen molar-refractivity contribution in [3.63, 3.8) is 0 Å². The molecular weight excluding hydrogens is 428 g/mol. The quantitative estimate of drug-likeness (QED) is 0.575. The number of carbonyl (C=O) groups is 1. The van der Waals surface area contributed by atoms with Crippen molar-refractivity contribution >= 4 is 37.3 Å². The first kappa shape index (κ1) is 20.4. The van der Waals surface area contributed by atoms with E-state index in [0.29, 0.717) is 28.6 Å². The predicted octanol–water partition coefficient (Wildman–Crippen LogP) is 2.75. The number of amides is 1. The van der Waals surface area contributed by atoms with Gasteiger partial charge in [-0.1, -0.05) is 11.3 Å². The molecule has 30 heavy (non-hydrogen) atoms. The third-order valence-corrected chi connectivity index (χ3v) is 7.49. The highest BCUT2D eigenvalue weighted by Gasteiger charge is 2.19. The number of ether oxygens (including phenoxy) is 3. The minimum absolute atomic E-state index is 0.149. The molecule has 158 valence electrons. The minimum Gasteiger partial charge on any atom is -0.497 e. The SMILES string of the molecule is CCn1c(=NC(=O)CCS(=O)(=O)c2ccc(OC)cc2)sc2cc3c(cc21)OCO3. The van der Waals surface area contributed by atoms with Crippen molar-refractivity contribution < 1.29 is 27.4 Å². The smallest absolute Gasteiger partial charge is 0.249 e. The first-order chi connectivity index (χ1) is 14.4. The Morgan fingerprint density at radius 1 is 1.20 bits per heavy atom. The molecule has 0 atom stereocenters. The molecule has 0 spiro atoms. The lowest BCUT2D eigenvalue weighted by Crippen LogP contribution is -2.17. The molecule has 0 fully saturated rings. The molecular formula is C20H20N2O6S2. The molecule has 1 aliphatic rings. The van der Waals surface area contributed by atoms with Gasteiger partial charge in [0.1, 0.15) is 5.75 Å². The van der Waals surface area contributed by atoms with Gasteiger partial charge in [0.05, 0.1) is 28.0 Å². The average Bonchev–Trinajstić information content (AvgIpc) is 3.33. The van der Waals surface area contributed by atoms with Gasteiger partial charge >= 0.3 is 0 Å². The fourth-order valence-electron chi connectivity index (χ4n) is 3.14. The topological polar surface area (TPSA) is 96.2 Å². The maximum absolute atomic E-state index is 12.5. The monoisotopic (exact) mass is 448 g/mol. The number of fused-ring (bicyclic) bond motifs is 2. The summed E-state index contributed by atoms with van der Waals surface area (Å²) in [5.41, 5.74) is 0.893. The molecule has 10 heteroatoms. The lowest BCUT2D eigenvalue weighted by Gasteiger charge is -2.04. The van der Waals surface area contributed by atoms with Crippen LogP contribution in [0.5, 0.6) is 17.2 Å². The number of aryl methyl sites for hydroxylation is 1. The molecule has 2 heterocycles. The van der Waals surface area contributed by atoms with E-state index >= 15 is 0 Å². The van der Waals surface area contributed by atoms with Crippen LogP contribution in [0.25, 0.3) is 10.2 Å². The van der Waals surface area contributed by atoms with Crippen LogP contribution in [-0.4, -0.2) is 38.5 Å². The maximum Gasteiger partial charge on any atom is 0.249 e. The van der Waals surface area contributed by atoms with Gasteiger partial charge in [-0.3, -0.25) is 4.79 Å². The minimum atomic E-state index is -3.59. The van der Waals surface area contributed by atoms with Gasteiger partial charge < -0.3 is 18.8 Å². The van der Waals surface area contributed by atoms with Crippen LogP contribution in [0.2, 0.25) is 0 Å². The van der Waals surface area contributed by atoms with E-state index in [9.17, 15) is 13.2 Å². The van der Waals surface area contributed by atoms with Gasteiger partial charge in [0, 0.05) is 25.1 Å². The molecule has 0 radical (unpaired) electrons.